The van der Waals surface area contributed by atoms with Crippen LogP contribution in [0.25, 0.3) is 11.1 Å². The molecule has 0 aliphatic carbocycles. The third-order valence-corrected chi connectivity index (χ3v) is 5.32. The highest BCUT2D eigenvalue weighted by molar-refractivity contribution is 5.91. The first-order valence-corrected chi connectivity index (χ1v) is 10.6. The van der Waals surface area contributed by atoms with Gasteiger partial charge in [-0.25, -0.2) is 0 Å². The van der Waals surface area contributed by atoms with Crippen LogP contribution in [0.5, 0.6) is 5.75 Å². The Morgan fingerprint density at radius 2 is 1.56 bits per heavy atom. The maximum absolute atomic E-state index is 12.3. The van der Waals surface area contributed by atoms with E-state index < -0.39 is 0 Å². The summed E-state index contributed by atoms with van der Waals surface area (Å²) in [6.07, 6.45) is 0. The van der Waals surface area contributed by atoms with Crippen LogP contribution in [-0.4, -0.2) is 43.7 Å². The van der Waals surface area contributed by atoms with Crippen LogP contribution in [0.2, 0.25) is 0 Å². The Morgan fingerprint density at radius 3 is 2.19 bits per heavy atom. The van der Waals surface area contributed by atoms with E-state index in [2.05, 4.69) is 16.3 Å². The van der Waals surface area contributed by atoms with Crippen LogP contribution >= 0.6 is 0 Å². The monoisotopic (exact) mass is 427 g/mol. The highest BCUT2D eigenvalue weighted by Gasteiger charge is 2.11. The van der Waals surface area contributed by atoms with Gasteiger partial charge in [-0.05, 0) is 53.1 Å². The summed E-state index contributed by atoms with van der Waals surface area (Å²) in [6.45, 7) is 4.29. The van der Waals surface area contributed by atoms with Gasteiger partial charge in [-0.2, -0.15) is 5.26 Å². The first-order chi connectivity index (χ1) is 15.7. The molecular weight excluding hydrogens is 402 g/mol. The molecule has 0 unspecified atom stereocenters. The van der Waals surface area contributed by atoms with Crippen molar-refractivity contribution in [3.05, 3.63) is 83.9 Å². The summed E-state index contributed by atoms with van der Waals surface area (Å²) < 4.78 is 11.0. The summed E-state index contributed by atoms with van der Waals surface area (Å²) in [5.41, 5.74) is 4.63. The molecule has 1 saturated heterocycles. The van der Waals surface area contributed by atoms with Gasteiger partial charge in [0, 0.05) is 25.3 Å². The SMILES string of the molecule is N#Cc1ccc(-c2ccc(OCC(=O)Nc3ccc(CN4CCOCC4)cc3)cc2)cc1. The molecule has 0 atom stereocenters. The second-order valence-electron chi connectivity index (χ2n) is 7.64. The van der Waals surface area contributed by atoms with Crippen molar-refractivity contribution in [3.63, 3.8) is 0 Å². The minimum atomic E-state index is -0.206. The molecule has 1 amide bonds. The van der Waals surface area contributed by atoms with Crippen molar-refractivity contribution in [2.45, 2.75) is 6.54 Å². The number of anilines is 1. The molecule has 0 aromatic heterocycles. The summed E-state index contributed by atoms with van der Waals surface area (Å²) >= 11 is 0. The fourth-order valence-corrected chi connectivity index (χ4v) is 3.54. The van der Waals surface area contributed by atoms with E-state index in [0.717, 1.165) is 49.7 Å². The lowest BCUT2D eigenvalue weighted by Gasteiger charge is -2.26. The summed E-state index contributed by atoms with van der Waals surface area (Å²) in [6, 6.07) is 25.0. The molecule has 6 heteroatoms. The minimum absolute atomic E-state index is 0.0637. The molecular formula is C26H25N3O3. The molecule has 1 aliphatic heterocycles. The smallest absolute Gasteiger partial charge is 0.262 e. The van der Waals surface area contributed by atoms with Gasteiger partial charge in [-0.15, -0.1) is 0 Å². The molecule has 32 heavy (non-hydrogen) atoms. The Hall–Kier alpha value is -3.66. The molecule has 0 radical (unpaired) electrons. The lowest BCUT2D eigenvalue weighted by molar-refractivity contribution is -0.118. The molecule has 1 N–H and O–H groups in total. The first kappa shape index (κ1) is 21.6. The van der Waals surface area contributed by atoms with Gasteiger partial charge in [0.2, 0.25) is 0 Å². The molecule has 4 rings (SSSR count). The van der Waals surface area contributed by atoms with Gasteiger partial charge in [0.1, 0.15) is 5.75 Å². The fraction of sp³-hybridized carbons (Fsp3) is 0.231. The van der Waals surface area contributed by atoms with Gasteiger partial charge in [0.05, 0.1) is 24.8 Å². The van der Waals surface area contributed by atoms with Crippen LogP contribution in [0.4, 0.5) is 5.69 Å². The second kappa shape index (κ2) is 10.6. The van der Waals surface area contributed by atoms with Crippen molar-refractivity contribution in [3.8, 4) is 22.9 Å². The largest absolute Gasteiger partial charge is 0.484 e. The molecule has 0 bridgehead atoms. The zero-order valence-corrected chi connectivity index (χ0v) is 17.8. The van der Waals surface area contributed by atoms with Crippen molar-refractivity contribution in [1.82, 2.24) is 4.90 Å². The number of carbonyl (C=O) groups is 1. The molecule has 1 fully saturated rings. The van der Waals surface area contributed by atoms with E-state index >= 15 is 0 Å². The number of amides is 1. The maximum atomic E-state index is 12.3. The zero-order valence-electron chi connectivity index (χ0n) is 17.8. The van der Waals surface area contributed by atoms with Crippen molar-refractivity contribution < 1.29 is 14.3 Å². The Morgan fingerprint density at radius 1 is 0.938 bits per heavy atom. The van der Waals surface area contributed by atoms with Crippen molar-refractivity contribution >= 4 is 11.6 Å². The standard InChI is InChI=1S/C26H25N3O3/c27-17-20-1-5-22(6-2-20)23-7-11-25(12-8-23)32-19-26(30)28-24-9-3-21(4-10-24)18-29-13-15-31-16-14-29/h1-12H,13-16,18-19H2,(H,28,30). The Bertz CT molecular complexity index is 1070. The molecule has 3 aromatic carbocycles. The zero-order chi connectivity index (χ0) is 22.2. The third kappa shape index (κ3) is 5.94. The van der Waals surface area contributed by atoms with E-state index in [1.165, 1.54) is 5.56 Å². The third-order valence-electron chi connectivity index (χ3n) is 5.32. The van der Waals surface area contributed by atoms with Gasteiger partial charge >= 0.3 is 0 Å². The van der Waals surface area contributed by atoms with Crippen LogP contribution in [0.15, 0.2) is 72.8 Å². The van der Waals surface area contributed by atoms with E-state index in [1.807, 2.05) is 60.7 Å². The number of rotatable bonds is 7. The Kier molecular flexibility index (Phi) is 7.13. The molecule has 6 nitrogen and oxygen atoms in total. The summed E-state index contributed by atoms with van der Waals surface area (Å²) in [5, 5.41) is 11.8. The van der Waals surface area contributed by atoms with Gasteiger partial charge < -0.3 is 14.8 Å². The Balaban J connectivity index is 1.25. The molecule has 1 aliphatic rings. The van der Waals surface area contributed by atoms with E-state index in [9.17, 15) is 4.79 Å². The van der Waals surface area contributed by atoms with Crippen molar-refractivity contribution in [2.75, 3.05) is 38.2 Å². The van der Waals surface area contributed by atoms with E-state index in [4.69, 9.17) is 14.7 Å². The number of benzene rings is 3. The lowest BCUT2D eigenvalue weighted by atomic mass is 10.0. The number of nitrogens with zero attached hydrogens (tertiary/aromatic N) is 2. The van der Waals surface area contributed by atoms with Crippen LogP contribution in [0.3, 0.4) is 0 Å². The fourth-order valence-electron chi connectivity index (χ4n) is 3.54. The van der Waals surface area contributed by atoms with Crippen LogP contribution in [-0.2, 0) is 16.1 Å². The Labute approximate surface area is 188 Å². The predicted octanol–water partition coefficient (Wildman–Crippen LogP) is 4.07. The van der Waals surface area contributed by atoms with Gasteiger partial charge in [0.25, 0.3) is 5.91 Å². The molecule has 1 heterocycles. The summed E-state index contributed by atoms with van der Waals surface area (Å²) in [4.78, 5) is 14.6. The number of nitriles is 1. The molecule has 0 saturated carbocycles. The lowest BCUT2D eigenvalue weighted by Crippen LogP contribution is -2.35. The number of hydrogen-bond donors (Lipinski definition) is 1. The summed E-state index contributed by atoms with van der Waals surface area (Å²) in [5.74, 6) is 0.417. The second-order valence-corrected chi connectivity index (χ2v) is 7.64. The maximum Gasteiger partial charge on any atom is 0.262 e. The van der Waals surface area contributed by atoms with Crippen molar-refractivity contribution in [2.24, 2.45) is 0 Å². The van der Waals surface area contributed by atoms with Gasteiger partial charge in [-0.1, -0.05) is 36.4 Å². The average molecular weight is 428 g/mol. The van der Waals surface area contributed by atoms with Crippen molar-refractivity contribution in [1.29, 1.82) is 5.26 Å². The van der Waals surface area contributed by atoms with E-state index in [0.29, 0.717) is 11.3 Å². The summed E-state index contributed by atoms with van der Waals surface area (Å²) in [7, 11) is 0. The quantitative estimate of drug-likeness (QED) is 0.615. The van der Waals surface area contributed by atoms with Gasteiger partial charge in [-0.3, -0.25) is 9.69 Å². The predicted molar refractivity (Wildman–Crippen MR) is 123 cm³/mol. The highest BCUT2D eigenvalue weighted by Crippen LogP contribution is 2.23. The van der Waals surface area contributed by atoms with Crippen LogP contribution in [0.1, 0.15) is 11.1 Å². The number of carbonyl (C=O) groups excluding carboxylic acids is 1. The van der Waals surface area contributed by atoms with E-state index in [-0.39, 0.29) is 12.5 Å². The first-order valence-electron chi connectivity index (χ1n) is 10.6. The average Bonchev–Trinajstić information content (AvgIpc) is 2.85. The number of ether oxygens (including phenoxy) is 2. The number of morpholine rings is 1. The molecule has 0 spiro atoms. The topological polar surface area (TPSA) is 74.6 Å². The number of nitrogens with one attached hydrogen (secondary N) is 1. The van der Waals surface area contributed by atoms with Crippen LogP contribution < -0.4 is 10.1 Å². The number of hydrogen-bond acceptors (Lipinski definition) is 5. The normalized spacial score (nSPS) is 13.8. The van der Waals surface area contributed by atoms with Crippen LogP contribution in [0, 0.1) is 11.3 Å². The van der Waals surface area contributed by atoms with Gasteiger partial charge in [0.15, 0.2) is 6.61 Å². The molecule has 162 valence electrons. The van der Waals surface area contributed by atoms with E-state index in [1.54, 1.807) is 12.1 Å². The minimum Gasteiger partial charge on any atom is -0.484 e. The molecule has 3 aromatic rings. The highest BCUT2D eigenvalue weighted by atomic mass is 16.5.